The predicted octanol–water partition coefficient (Wildman–Crippen LogP) is 4.45. The summed E-state index contributed by atoms with van der Waals surface area (Å²) >= 11 is 18.6. The van der Waals surface area contributed by atoms with Crippen molar-refractivity contribution in [3.63, 3.8) is 0 Å². The minimum Gasteiger partial charge on any atom is -0.439 e. The van der Waals surface area contributed by atoms with Crippen molar-refractivity contribution < 1.29 is 4.42 Å². The van der Waals surface area contributed by atoms with Gasteiger partial charge in [-0.2, -0.15) is 0 Å². The summed E-state index contributed by atoms with van der Waals surface area (Å²) in [5, 5.41) is 0. The van der Waals surface area contributed by atoms with Gasteiger partial charge in [0.15, 0.2) is 5.76 Å². The fourth-order valence-corrected chi connectivity index (χ4v) is 2.60. The summed E-state index contributed by atoms with van der Waals surface area (Å²) in [6.45, 7) is 0. The number of halogens is 3. The first-order chi connectivity index (χ1) is 6.70. The molecule has 74 valence electrons. The zero-order valence-electron chi connectivity index (χ0n) is 6.76. The molecular weight excluding hydrogens is 265 g/mol. The van der Waals surface area contributed by atoms with Crippen LogP contribution in [0.1, 0.15) is 5.89 Å². The summed E-state index contributed by atoms with van der Waals surface area (Å²) in [6.07, 6.45) is 1.59. The lowest BCUT2D eigenvalue weighted by Gasteiger charge is -1.90. The Labute approximate surface area is 99.4 Å². The van der Waals surface area contributed by atoms with Crippen LogP contribution in [0.15, 0.2) is 16.7 Å². The van der Waals surface area contributed by atoms with Crippen LogP contribution < -0.4 is 0 Å². The van der Waals surface area contributed by atoms with E-state index in [0.717, 1.165) is 5.56 Å². The third kappa shape index (κ3) is 1.91. The zero-order chi connectivity index (χ0) is 10.1. The van der Waals surface area contributed by atoms with Crippen LogP contribution in [0.4, 0.5) is 0 Å². The lowest BCUT2D eigenvalue weighted by Crippen LogP contribution is -1.71. The van der Waals surface area contributed by atoms with Gasteiger partial charge in [-0.3, -0.25) is 0 Å². The Hall–Kier alpha value is -0.220. The van der Waals surface area contributed by atoms with Gasteiger partial charge in [-0.25, -0.2) is 4.98 Å². The van der Waals surface area contributed by atoms with E-state index in [1.807, 2.05) is 0 Å². The highest BCUT2D eigenvalue weighted by Crippen LogP contribution is 2.38. The van der Waals surface area contributed by atoms with Gasteiger partial charge in [0.05, 0.1) is 16.4 Å². The van der Waals surface area contributed by atoms with E-state index in [0.29, 0.717) is 20.3 Å². The van der Waals surface area contributed by atoms with E-state index < -0.39 is 0 Å². The average molecular weight is 269 g/mol. The summed E-state index contributed by atoms with van der Waals surface area (Å²) in [7, 11) is 0. The molecule has 0 aliphatic rings. The Morgan fingerprint density at radius 2 is 2.21 bits per heavy atom. The Bertz CT molecular complexity index is 451. The quantitative estimate of drug-likeness (QED) is 0.752. The first-order valence-corrected chi connectivity index (χ1v) is 5.77. The first-order valence-electron chi connectivity index (χ1n) is 3.66. The normalized spacial score (nSPS) is 10.8. The average Bonchev–Trinajstić information content (AvgIpc) is 2.71. The minimum atomic E-state index is 0.246. The maximum Gasteiger partial charge on any atom is 0.209 e. The van der Waals surface area contributed by atoms with Crippen LogP contribution in [0.3, 0.4) is 0 Å². The van der Waals surface area contributed by atoms with E-state index >= 15 is 0 Å². The smallest absolute Gasteiger partial charge is 0.209 e. The second-order valence-corrected chi connectivity index (χ2v) is 5.04. The summed E-state index contributed by atoms with van der Waals surface area (Å²) < 4.78 is 6.54. The van der Waals surface area contributed by atoms with Crippen LogP contribution >= 0.6 is 46.1 Å². The van der Waals surface area contributed by atoms with Crippen LogP contribution in [0.2, 0.25) is 8.67 Å². The molecule has 0 aliphatic heterocycles. The van der Waals surface area contributed by atoms with Gasteiger partial charge in [-0.15, -0.1) is 22.9 Å². The maximum atomic E-state index is 5.95. The monoisotopic (exact) mass is 267 g/mol. The van der Waals surface area contributed by atoms with Crippen LogP contribution in [-0.4, -0.2) is 4.98 Å². The van der Waals surface area contributed by atoms with Gasteiger partial charge >= 0.3 is 0 Å². The molecule has 0 saturated heterocycles. The molecule has 2 heterocycles. The molecular formula is C8H4Cl3NOS. The molecule has 0 N–H and O–H groups in total. The Morgan fingerprint density at radius 3 is 2.71 bits per heavy atom. The molecule has 0 spiro atoms. The highest BCUT2D eigenvalue weighted by Gasteiger charge is 2.12. The molecule has 6 heteroatoms. The molecule has 0 radical (unpaired) electrons. The number of rotatable bonds is 2. The standard InChI is InChI=1S/C8H4Cl3NOS/c9-2-7-12-3-5(13-7)4-1-6(10)14-8(4)11/h1,3H,2H2. The van der Waals surface area contributed by atoms with E-state index in [-0.39, 0.29) is 5.88 Å². The molecule has 0 bridgehead atoms. The fourth-order valence-electron chi connectivity index (χ4n) is 1.00. The number of hydrogen-bond acceptors (Lipinski definition) is 3. The van der Waals surface area contributed by atoms with Crippen molar-refractivity contribution in [3.05, 3.63) is 26.8 Å². The highest BCUT2D eigenvalue weighted by molar-refractivity contribution is 7.20. The summed E-state index contributed by atoms with van der Waals surface area (Å²) in [6, 6.07) is 1.74. The first kappa shape index (κ1) is 10.3. The lowest BCUT2D eigenvalue weighted by molar-refractivity contribution is 0.529. The molecule has 14 heavy (non-hydrogen) atoms. The number of oxazole rings is 1. The third-order valence-corrected chi connectivity index (χ3v) is 3.31. The zero-order valence-corrected chi connectivity index (χ0v) is 9.84. The SMILES string of the molecule is ClCc1ncc(-c2cc(Cl)sc2Cl)o1. The molecule has 2 aromatic rings. The largest absolute Gasteiger partial charge is 0.439 e. The van der Waals surface area contributed by atoms with Crippen molar-refractivity contribution in [1.82, 2.24) is 4.98 Å². The van der Waals surface area contributed by atoms with Gasteiger partial charge in [0.25, 0.3) is 0 Å². The number of thiophene rings is 1. The van der Waals surface area contributed by atoms with Crippen molar-refractivity contribution in [2.45, 2.75) is 5.88 Å². The number of aromatic nitrogens is 1. The molecule has 0 saturated carbocycles. The van der Waals surface area contributed by atoms with Gasteiger partial charge in [0.1, 0.15) is 4.34 Å². The van der Waals surface area contributed by atoms with Gasteiger partial charge in [0.2, 0.25) is 5.89 Å². The summed E-state index contributed by atoms with van der Waals surface area (Å²) in [5.74, 6) is 1.31. The van der Waals surface area contributed by atoms with Crippen molar-refractivity contribution in [2.75, 3.05) is 0 Å². The van der Waals surface area contributed by atoms with Gasteiger partial charge in [-0.05, 0) is 6.07 Å². The van der Waals surface area contributed by atoms with Gasteiger partial charge in [0, 0.05) is 5.56 Å². The number of alkyl halides is 1. The fraction of sp³-hybridized carbons (Fsp3) is 0.125. The second-order valence-electron chi connectivity index (χ2n) is 2.49. The molecule has 0 aromatic carbocycles. The summed E-state index contributed by atoms with van der Waals surface area (Å²) in [4.78, 5) is 3.97. The van der Waals surface area contributed by atoms with E-state index in [2.05, 4.69) is 4.98 Å². The summed E-state index contributed by atoms with van der Waals surface area (Å²) in [5.41, 5.74) is 0.755. The van der Waals surface area contributed by atoms with E-state index in [4.69, 9.17) is 39.2 Å². The van der Waals surface area contributed by atoms with Gasteiger partial charge in [-0.1, -0.05) is 23.2 Å². The molecule has 0 aliphatic carbocycles. The van der Waals surface area contributed by atoms with Crippen molar-refractivity contribution in [1.29, 1.82) is 0 Å². The van der Waals surface area contributed by atoms with Crippen LogP contribution in [0, 0.1) is 0 Å². The number of hydrogen-bond donors (Lipinski definition) is 0. The second kappa shape index (κ2) is 4.11. The van der Waals surface area contributed by atoms with Crippen LogP contribution in [-0.2, 0) is 5.88 Å². The van der Waals surface area contributed by atoms with Crippen molar-refractivity contribution >= 4 is 46.1 Å². The minimum absolute atomic E-state index is 0.246. The number of nitrogens with zero attached hydrogens (tertiary/aromatic N) is 1. The maximum absolute atomic E-state index is 5.95. The molecule has 2 nitrogen and oxygen atoms in total. The molecule has 0 unspecified atom stereocenters. The molecule has 0 atom stereocenters. The van der Waals surface area contributed by atoms with Crippen LogP contribution in [0.25, 0.3) is 11.3 Å². The van der Waals surface area contributed by atoms with Gasteiger partial charge < -0.3 is 4.42 Å². The Morgan fingerprint density at radius 1 is 1.43 bits per heavy atom. The predicted molar refractivity (Wildman–Crippen MR) is 59.4 cm³/mol. The van der Waals surface area contributed by atoms with Crippen molar-refractivity contribution in [2.24, 2.45) is 0 Å². The topological polar surface area (TPSA) is 26.0 Å². The van der Waals surface area contributed by atoms with Crippen molar-refractivity contribution in [3.8, 4) is 11.3 Å². The van der Waals surface area contributed by atoms with E-state index in [1.165, 1.54) is 11.3 Å². The molecule has 2 aromatic heterocycles. The van der Waals surface area contributed by atoms with E-state index in [9.17, 15) is 0 Å². The van der Waals surface area contributed by atoms with Crippen LogP contribution in [0.5, 0.6) is 0 Å². The third-order valence-electron chi connectivity index (χ3n) is 1.59. The molecule has 2 rings (SSSR count). The molecule has 0 fully saturated rings. The molecule has 0 amide bonds. The highest BCUT2D eigenvalue weighted by atomic mass is 35.5. The Balaban J connectivity index is 2.43. The Kier molecular flexibility index (Phi) is 3.02. The lowest BCUT2D eigenvalue weighted by atomic mass is 10.3. The van der Waals surface area contributed by atoms with E-state index in [1.54, 1.807) is 12.3 Å².